The van der Waals surface area contributed by atoms with Gasteiger partial charge in [-0.2, -0.15) is 26.3 Å². The lowest BCUT2D eigenvalue weighted by Crippen LogP contribution is -2.36. The molecule has 1 saturated heterocycles. The molecule has 2 unspecified atom stereocenters. The minimum Gasteiger partial charge on any atom is -0.396 e. The second kappa shape index (κ2) is 12.6. The van der Waals surface area contributed by atoms with Crippen LogP contribution in [0.5, 0.6) is 0 Å². The Labute approximate surface area is 238 Å². The van der Waals surface area contributed by atoms with Gasteiger partial charge in [0.15, 0.2) is 0 Å². The topological polar surface area (TPSA) is 23.5 Å². The van der Waals surface area contributed by atoms with E-state index < -0.39 is 23.5 Å². The maximum absolute atomic E-state index is 13.2. The van der Waals surface area contributed by atoms with Gasteiger partial charge in [0, 0.05) is 25.1 Å². The van der Waals surface area contributed by atoms with Crippen molar-refractivity contribution < 1.29 is 31.4 Å². The Morgan fingerprint density at radius 1 is 0.780 bits per heavy atom. The zero-order valence-electron chi connectivity index (χ0n) is 23.6. The van der Waals surface area contributed by atoms with Crippen LogP contribution >= 0.6 is 0 Å². The standard InChI is InChI=1S/C33H37F6NO/c1-21(2)15-29(20-41)28-17-26(24-8-12-31(13-9-24)33(37,38)39)16-27(18-28)25-5-4-14-40(19-25)22(3)23-6-10-30(11-7-23)32(34,35)36/h6-13,16-18,21-22,25,29,41H,4-5,14-15,19-20H2,1-3H3/t22?,25?,29-/m1/s1. The largest absolute Gasteiger partial charge is 0.416 e. The van der Waals surface area contributed by atoms with E-state index in [1.807, 2.05) is 19.1 Å². The number of aliphatic hydroxyl groups excluding tert-OH is 1. The van der Waals surface area contributed by atoms with Gasteiger partial charge in [0.1, 0.15) is 0 Å². The summed E-state index contributed by atoms with van der Waals surface area (Å²) in [5, 5.41) is 10.2. The SMILES string of the molecule is CC(C)C[C@H](CO)c1cc(-c2ccc(C(F)(F)F)cc2)cc(C2CCCN(C(C)c3ccc(C(F)(F)F)cc3)C2)c1. The smallest absolute Gasteiger partial charge is 0.396 e. The van der Waals surface area contributed by atoms with Crippen molar-refractivity contribution in [3.05, 3.63) is 94.5 Å². The van der Waals surface area contributed by atoms with E-state index in [1.165, 1.54) is 24.3 Å². The molecule has 0 radical (unpaired) electrons. The number of hydrogen-bond acceptors (Lipinski definition) is 2. The second-order valence-electron chi connectivity index (χ2n) is 11.6. The van der Waals surface area contributed by atoms with Crippen molar-refractivity contribution in [2.45, 2.75) is 70.3 Å². The molecule has 1 fully saturated rings. The molecular weight excluding hydrogens is 540 g/mol. The summed E-state index contributed by atoms with van der Waals surface area (Å²) in [5.41, 5.74) is 2.94. The molecule has 3 atom stereocenters. The summed E-state index contributed by atoms with van der Waals surface area (Å²) < 4.78 is 78.7. The minimum absolute atomic E-state index is 0.0319. The molecule has 0 aliphatic carbocycles. The predicted octanol–water partition coefficient (Wildman–Crippen LogP) is 9.45. The summed E-state index contributed by atoms with van der Waals surface area (Å²) in [4.78, 5) is 2.28. The summed E-state index contributed by atoms with van der Waals surface area (Å²) >= 11 is 0. The summed E-state index contributed by atoms with van der Waals surface area (Å²) in [5.74, 6) is 0.376. The maximum Gasteiger partial charge on any atom is 0.416 e. The van der Waals surface area contributed by atoms with Gasteiger partial charge in [0.2, 0.25) is 0 Å². The lowest BCUT2D eigenvalue weighted by atomic mass is 9.83. The molecule has 8 heteroatoms. The van der Waals surface area contributed by atoms with E-state index in [0.29, 0.717) is 18.0 Å². The first-order valence-corrected chi connectivity index (χ1v) is 14.1. The molecule has 0 amide bonds. The molecule has 1 heterocycles. The third kappa shape index (κ3) is 7.72. The Kier molecular flexibility index (Phi) is 9.54. The van der Waals surface area contributed by atoms with E-state index in [2.05, 4.69) is 24.8 Å². The maximum atomic E-state index is 13.2. The van der Waals surface area contributed by atoms with E-state index >= 15 is 0 Å². The number of rotatable bonds is 8. The van der Waals surface area contributed by atoms with Crippen molar-refractivity contribution in [2.24, 2.45) is 5.92 Å². The van der Waals surface area contributed by atoms with E-state index in [0.717, 1.165) is 72.3 Å². The van der Waals surface area contributed by atoms with Gasteiger partial charge in [-0.3, -0.25) is 4.90 Å². The van der Waals surface area contributed by atoms with Crippen LogP contribution < -0.4 is 0 Å². The van der Waals surface area contributed by atoms with Crippen LogP contribution in [0.2, 0.25) is 0 Å². The fourth-order valence-electron chi connectivity index (χ4n) is 5.84. The Morgan fingerprint density at radius 2 is 1.37 bits per heavy atom. The number of likely N-dealkylation sites (tertiary alicyclic amines) is 1. The first-order chi connectivity index (χ1) is 19.3. The average Bonchev–Trinajstić information content (AvgIpc) is 2.94. The number of hydrogen-bond donors (Lipinski definition) is 1. The quantitative estimate of drug-likeness (QED) is 0.270. The molecule has 3 aromatic carbocycles. The molecular formula is C33H37F6NO. The Bertz CT molecular complexity index is 1280. The van der Waals surface area contributed by atoms with Crippen LogP contribution in [-0.4, -0.2) is 29.7 Å². The molecule has 3 aromatic rings. The van der Waals surface area contributed by atoms with Crippen LogP contribution in [0.3, 0.4) is 0 Å². The molecule has 1 aliphatic heterocycles. The van der Waals surface area contributed by atoms with E-state index in [1.54, 1.807) is 0 Å². The number of nitrogens with zero attached hydrogens (tertiary/aromatic N) is 1. The molecule has 0 spiro atoms. The van der Waals surface area contributed by atoms with Crippen molar-refractivity contribution >= 4 is 0 Å². The summed E-state index contributed by atoms with van der Waals surface area (Å²) in [6.07, 6.45) is -6.20. The highest BCUT2D eigenvalue weighted by Gasteiger charge is 2.32. The Morgan fingerprint density at radius 3 is 1.90 bits per heavy atom. The van der Waals surface area contributed by atoms with Crippen molar-refractivity contribution in [1.29, 1.82) is 0 Å². The highest BCUT2D eigenvalue weighted by Crippen LogP contribution is 2.38. The van der Waals surface area contributed by atoms with Crippen molar-refractivity contribution in [3.63, 3.8) is 0 Å². The number of aliphatic hydroxyl groups is 1. The van der Waals surface area contributed by atoms with Gasteiger partial charge in [-0.1, -0.05) is 56.3 Å². The minimum atomic E-state index is -4.42. The van der Waals surface area contributed by atoms with Crippen LogP contribution in [0, 0.1) is 5.92 Å². The van der Waals surface area contributed by atoms with Gasteiger partial charge in [-0.05, 0) is 96.6 Å². The van der Waals surface area contributed by atoms with Gasteiger partial charge < -0.3 is 5.11 Å². The number of halogens is 6. The normalized spacial score (nSPS) is 18.5. The summed E-state index contributed by atoms with van der Waals surface area (Å²) in [6, 6.07) is 16.5. The second-order valence-corrected chi connectivity index (χ2v) is 11.6. The number of piperidine rings is 1. The van der Waals surface area contributed by atoms with Crippen LogP contribution in [-0.2, 0) is 12.4 Å². The zero-order valence-corrected chi connectivity index (χ0v) is 23.6. The van der Waals surface area contributed by atoms with Crippen molar-refractivity contribution in [1.82, 2.24) is 4.90 Å². The van der Waals surface area contributed by atoms with Crippen LogP contribution in [0.1, 0.15) is 85.7 Å². The fraction of sp³-hybridized carbons (Fsp3) is 0.455. The molecule has 222 valence electrons. The Hall–Kier alpha value is -2.84. The summed E-state index contributed by atoms with van der Waals surface area (Å²) in [7, 11) is 0. The molecule has 1 N–H and O–H groups in total. The molecule has 1 aliphatic rings. The summed E-state index contributed by atoms with van der Waals surface area (Å²) in [6.45, 7) is 7.66. The highest BCUT2D eigenvalue weighted by atomic mass is 19.4. The fourth-order valence-corrected chi connectivity index (χ4v) is 5.84. The first-order valence-electron chi connectivity index (χ1n) is 14.1. The molecule has 0 bridgehead atoms. The predicted molar refractivity (Wildman–Crippen MR) is 150 cm³/mol. The first kappa shape index (κ1) is 31.1. The van der Waals surface area contributed by atoms with Crippen LogP contribution in [0.15, 0.2) is 66.7 Å². The van der Waals surface area contributed by atoms with E-state index in [4.69, 9.17) is 0 Å². The lowest BCUT2D eigenvalue weighted by molar-refractivity contribution is -0.138. The van der Waals surface area contributed by atoms with Gasteiger partial charge in [-0.15, -0.1) is 0 Å². The molecule has 2 nitrogen and oxygen atoms in total. The Balaban J connectivity index is 1.65. The average molecular weight is 578 g/mol. The third-order valence-corrected chi connectivity index (χ3v) is 8.16. The molecule has 0 aromatic heterocycles. The molecule has 4 rings (SSSR count). The van der Waals surface area contributed by atoms with Gasteiger partial charge in [-0.25, -0.2) is 0 Å². The molecule has 0 saturated carbocycles. The van der Waals surface area contributed by atoms with Gasteiger partial charge in [0.25, 0.3) is 0 Å². The monoisotopic (exact) mass is 577 g/mol. The van der Waals surface area contributed by atoms with Crippen LogP contribution in [0.4, 0.5) is 26.3 Å². The van der Waals surface area contributed by atoms with Gasteiger partial charge >= 0.3 is 12.4 Å². The van der Waals surface area contributed by atoms with Crippen molar-refractivity contribution in [2.75, 3.05) is 19.7 Å². The third-order valence-electron chi connectivity index (χ3n) is 8.16. The van der Waals surface area contributed by atoms with Gasteiger partial charge in [0.05, 0.1) is 11.1 Å². The van der Waals surface area contributed by atoms with E-state index in [9.17, 15) is 31.4 Å². The van der Waals surface area contributed by atoms with E-state index in [-0.39, 0.29) is 24.5 Å². The zero-order chi connectivity index (χ0) is 29.9. The van der Waals surface area contributed by atoms with Crippen LogP contribution in [0.25, 0.3) is 11.1 Å². The lowest BCUT2D eigenvalue weighted by Gasteiger charge is -2.37. The molecule has 41 heavy (non-hydrogen) atoms. The number of alkyl halides is 6. The highest BCUT2D eigenvalue weighted by molar-refractivity contribution is 5.66. The van der Waals surface area contributed by atoms with Crippen molar-refractivity contribution in [3.8, 4) is 11.1 Å². The number of benzene rings is 3.